The molecule has 0 saturated heterocycles. The molecule has 0 spiro atoms. The molecule has 2 aromatic heterocycles. The zero-order valence-corrected chi connectivity index (χ0v) is 15.0. The molecule has 2 heterocycles. The van der Waals surface area contributed by atoms with Gasteiger partial charge in [0.1, 0.15) is 5.69 Å². The van der Waals surface area contributed by atoms with E-state index in [4.69, 9.17) is 10.3 Å². The van der Waals surface area contributed by atoms with Crippen LogP contribution in [0.4, 0.5) is 0 Å². The molecule has 1 atom stereocenters. The van der Waals surface area contributed by atoms with Crippen LogP contribution in [0.15, 0.2) is 75.9 Å². The van der Waals surface area contributed by atoms with Crippen LogP contribution < -0.4 is 5.73 Å². The summed E-state index contributed by atoms with van der Waals surface area (Å²) in [6.07, 6.45) is 2.45. The molecule has 0 aliphatic rings. The number of nitrogens with zero attached hydrogens (tertiary/aromatic N) is 2. The van der Waals surface area contributed by atoms with Gasteiger partial charge in [-0.15, -0.1) is 0 Å². The average molecular weight is 394 g/mol. The molecule has 4 nitrogen and oxygen atoms in total. The lowest BCUT2D eigenvalue weighted by Crippen LogP contribution is -2.15. The van der Waals surface area contributed by atoms with E-state index >= 15 is 0 Å². The highest BCUT2D eigenvalue weighted by Gasteiger charge is 2.18. The van der Waals surface area contributed by atoms with Crippen LogP contribution in [-0.4, -0.2) is 10.1 Å². The van der Waals surface area contributed by atoms with Crippen LogP contribution in [0.5, 0.6) is 0 Å². The van der Waals surface area contributed by atoms with Crippen molar-refractivity contribution < 1.29 is 4.52 Å². The van der Waals surface area contributed by atoms with Gasteiger partial charge in [-0.1, -0.05) is 51.4 Å². The Hall–Kier alpha value is -2.50. The first-order valence-electron chi connectivity index (χ1n) is 8.02. The lowest BCUT2D eigenvalue weighted by atomic mass is 9.94. The molecule has 0 aliphatic carbocycles. The molecular weight excluding hydrogens is 378 g/mol. The Bertz CT molecular complexity index is 1010. The van der Waals surface area contributed by atoms with Crippen molar-refractivity contribution in [3.63, 3.8) is 0 Å². The number of benzene rings is 2. The van der Waals surface area contributed by atoms with Crippen LogP contribution >= 0.6 is 15.9 Å². The second-order valence-electron chi connectivity index (χ2n) is 5.89. The summed E-state index contributed by atoms with van der Waals surface area (Å²) < 4.78 is 6.47. The molecule has 124 valence electrons. The predicted octanol–water partition coefficient (Wildman–Crippen LogP) is 4.89. The summed E-state index contributed by atoms with van der Waals surface area (Å²) in [5.74, 6) is 0. The maximum atomic E-state index is 6.50. The summed E-state index contributed by atoms with van der Waals surface area (Å²) in [7, 11) is 0. The second-order valence-corrected chi connectivity index (χ2v) is 6.81. The fourth-order valence-corrected chi connectivity index (χ4v) is 3.36. The van der Waals surface area contributed by atoms with Gasteiger partial charge in [-0.05, 0) is 35.9 Å². The van der Waals surface area contributed by atoms with E-state index in [0.29, 0.717) is 6.42 Å². The second kappa shape index (κ2) is 6.78. The third kappa shape index (κ3) is 3.21. The van der Waals surface area contributed by atoms with E-state index in [-0.39, 0.29) is 6.04 Å². The van der Waals surface area contributed by atoms with E-state index in [0.717, 1.165) is 38.0 Å². The number of halogens is 1. The molecule has 2 N–H and O–H groups in total. The van der Waals surface area contributed by atoms with E-state index < -0.39 is 0 Å². The van der Waals surface area contributed by atoms with Crippen LogP contribution in [-0.2, 0) is 6.42 Å². The highest BCUT2D eigenvalue weighted by molar-refractivity contribution is 9.10. The minimum atomic E-state index is -0.176. The smallest absolute Gasteiger partial charge is 0.167 e. The number of hydrogen-bond acceptors (Lipinski definition) is 4. The van der Waals surface area contributed by atoms with Gasteiger partial charge in [-0.2, -0.15) is 0 Å². The first-order valence-corrected chi connectivity index (χ1v) is 8.81. The summed E-state index contributed by atoms with van der Waals surface area (Å²) >= 11 is 3.51. The molecule has 4 rings (SSSR count). The molecule has 0 unspecified atom stereocenters. The normalized spacial score (nSPS) is 12.4. The van der Waals surface area contributed by atoms with Crippen LogP contribution in [0.3, 0.4) is 0 Å². The Balaban J connectivity index is 1.77. The number of fused-ring (bicyclic) bond motifs is 1. The quantitative estimate of drug-likeness (QED) is 0.535. The van der Waals surface area contributed by atoms with Crippen molar-refractivity contribution in [2.45, 2.75) is 12.5 Å². The lowest BCUT2D eigenvalue weighted by molar-refractivity contribution is 0.459. The molecule has 0 fully saturated rings. The number of nitrogens with two attached hydrogens (primary N) is 1. The van der Waals surface area contributed by atoms with E-state index in [2.05, 4.69) is 26.1 Å². The van der Waals surface area contributed by atoms with Crippen LogP contribution in [0.2, 0.25) is 0 Å². The highest BCUT2D eigenvalue weighted by Crippen LogP contribution is 2.34. The minimum Gasteiger partial charge on any atom is -0.356 e. The van der Waals surface area contributed by atoms with Crippen LogP contribution in [0, 0.1) is 0 Å². The first-order chi connectivity index (χ1) is 12.2. The zero-order valence-electron chi connectivity index (χ0n) is 13.4. The van der Waals surface area contributed by atoms with Gasteiger partial charge < -0.3 is 10.3 Å². The van der Waals surface area contributed by atoms with Gasteiger partial charge in [0, 0.05) is 34.4 Å². The van der Waals surface area contributed by atoms with Gasteiger partial charge in [-0.25, -0.2) is 0 Å². The summed E-state index contributed by atoms with van der Waals surface area (Å²) in [6.45, 7) is 0. The van der Waals surface area contributed by atoms with Crippen LogP contribution in [0.1, 0.15) is 17.3 Å². The molecule has 4 aromatic rings. The molecule has 0 saturated carbocycles. The SMILES string of the molecule is N[C@@H](Cc1ccccn1)c1ccccc1-c1noc2ccc(Br)cc12. The minimum absolute atomic E-state index is 0.176. The Kier molecular flexibility index (Phi) is 4.34. The van der Waals surface area contributed by atoms with E-state index in [9.17, 15) is 0 Å². The average Bonchev–Trinajstić information content (AvgIpc) is 3.05. The molecule has 2 aromatic carbocycles. The maximum absolute atomic E-state index is 6.50. The van der Waals surface area contributed by atoms with Crippen molar-refractivity contribution in [2.75, 3.05) is 0 Å². The Morgan fingerprint density at radius 1 is 1.04 bits per heavy atom. The number of aromatic nitrogens is 2. The maximum Gasteiger partial charge on any atom is 0.167 e. The Morgan fingerprint density at radius 2 is 1.88 bits per heavy atom. The largest absolute Gasteiger partial charge is 0.356 e. The fraction of sp³-hybridized carbons (Fsp3) is 0.100. The van der Waals surface area contributed by atoms with Crippen molar-refractivity contribution in [3.8, 4) is 11.3 Å². The lowest BCUT2D eigenvalue weighted by Gasteiger charge is -2.15. The van der Waals surface area contributed by atoms with Crippen molar-refractivity contribution >= 4 is 26.9 Å². The van der Waals surface area contributed by atoms with Crippen LogP contribution in [0.25, 0.3) is 22.2 Å². The van der Waals surface area contributed by atoms with Gasteiger partial charge in [0.2, 0.25) is 0 Å². The highest BCUT2D eigenvalue weighted by atomic mass is 79.9. The summed E-state index contributed by atoms with van der Waals surface area (Å²) in [4.78, 5) is 4.38. The standard InChI is InChI=1S/C20H16BrN3O/c21-13-8-9-19-17(11-13)20(24-25-19)16-7-2-1-6-15(16)18(22)12-14-5-3-4-10-23-14/h1-11,18H,12,22H2/t18-/m0/s1. The molecule has 0 aliphatic heterocycles. The molecule has 0 amide bonds. The van der Waals surface area contributed by atoms with E-state index in [1.54, 1.807) is 6.20 Å². The molecular formula is C20H16BrN3O. The van der Waals surface area contributed by atoms with Gasteiger partial charge in [-0.3, -0.25) is 4.98 Å². The summed E-state index contributed by atoms with van der Waals surface area (Å²) in [5.41, 5.74) is 11.1. The molecule has 25 heavy (non-hydrogen) atoms. The van der Waals surface area contributed by atoms with Crippen molar-refractivity contribution in [3.05, 3.63) is 82.6 Å². The van der Waals surface area contributed by atoms with E-state index in [1.807, 2.05) is 60.7 Å². The zero-order chi connectivity index (χ0) is 17.2. The third-order valence-electron chi connectivity index (χ3n) is 4.20. The van der Waals surface area contributed by atoms with Gasteiger partial charge in [0.15, 0.2) is 5.58 Å². The monoisotopic (exact) mass is 393 g/mol. The predicted molar refractivity (Wildman–Crippen MR) is 102 cm³/mol. The molecule has 0 bridgehead atoms. The Labute approximate surface area is 153 Å². The Morgan fingerprint density at radius 3 is 2.72 bits per heavy atom. The van der Waals surface area contributed by atoms with Crippen molar-refractivity contribution in [1.29, 1.82) is 0 Å². The van der Waals surface area contributed by atoms with Crippen molar-refractivity contribution in [1.82, 2.24) is 10.1 Å². The number of hydrogen-bond donors (Lipinski definition) is 1. The van der Waals surface area contributed by atoms with Crippen molar-refractivity contribution in [2.24, 2.45) is 5.73 Å². The van der Waals surface area contributed by atoms with Gasteiger partial charge in [0.05, 0.1) is 5.39 Å². The number of pyridine rings is 1. The third-order valence-corrected chi connectivity index (χ3v) is 4.70. The van der Waals surface area contributed by atoms with Gasteiger partial charge >= 0.3 is 0 Å². The van der Waals surface area contributed by atoms with E-state index in [1.165, 1.54) is 0 Å². The number of rotatable bonds is 4. The summed E-state index contributed by atoms with van der Waals surface area (Å²) in [5, 5.41) is 5.25. The van der Waals surface area contributed by atoms with Gasteiger partial charge in [0.25, 0.3) is 0 Å². The topological polar surface area (TPSA) is 64.9 Å². The molecule has 0 radical (unpaired) electrons. The summed E-state index contributed by atoms with van der Waals surface area (Å²) in [6, 6.07) is 19.6. The first kappa shape index (κ1) is 16.0. The molecule has 5 heteroatoms. The fourth-order valence-electron chi connectivity index (χ4n) is 3.00.